The van der Waals surface area contributed by atoms with E-state index in [4.69, 9.17) is 20.2 Å². The van der Waals surface area contributed by atoms with Crippen molar-refractivity contribution < 1.29 is 22.7 Å². The van der Waals surface area contributed by atoms with Crippen LogP contribution in [0.2, 0.25) is 0 Å². The van der Waals surface area contributed by atoms with E-state index in [1.165, 1.54) is 16.8 Å². The molecule has 21 heavy (non-hydrogen) atoms. The molecule has 118 valence electrons. The molecular weight excluding hydrogens is 318 g/mol. The zero-order valence-corrected chi connectivity index (χ0v) is 13.5. The van der Waals surface area contributed by atoms with Crippen LogP contribution in [0.25, 0.3) is 0 Å². The van der Waals surface area contributed by atoms with Crippen molar-refractivity contribution >= 4 is 25.7 Å². The first-order valence-corrected chi connectivity index (χ1v) is 8.97. The Bertz CT molecular complexity index is 625. The van der Waals surface area contributed by atoms with E-state index in [2.05, 4.69) is 0 Å². The molecule has 0 radical (unpaired) electrons. The third-order valence-corrected chi connectivity index (χ3v) is 4.98. The molecule has 2 rings (SSSR count). The standard InChI is InChI=1S/C13H18ClNO5S/c1-15-8-11(21(14,17)18)7-12(15)13(16)20-10-5-3-4-9(6-10)19-2/h7-10H,3-6H2,1-2H3. The number of nitrogens with zero attached hydrogens (tertiary/aromatic N) is 1. The Kier molecular flexibility index (Phi) is 4.95. The number of aryl methyl sites for hydroxylation is 1. The highest BCUT2D eigenvalue weighted by Crippen LogP contribution is 2.25. The van der Waals surface area contributed by atoms with E-state index in [-0.39, 0.29) is 22.8 Å². The number of esters is 1. The largest absolute Gasteiger partial charge is 0.458 e. The maximum absolute atomic E-state index is 12.1. The summed E-state index contributed by atoms with van der Waals surface area (Å²) in [4.78, 5) is 12.0. The molecule has 6 nitrogen and oxygen atoms in total. The number of ether oxygens (including phenoxy) is 2. The van der Waals surface area contributed by atoms with Gasteiger partial charge in [0.25, 0.3) is 9.05 Å². The molecule has 0 amide bonds. The van der Waals surface area contributed by atoms with E-state index in [9.17, 15) is 13.2 Å². The molecule has 1 aromatic heterocycles. The Morgan fingerprint density at radius 3 is 2.62 bits per heavy atom. The van der Waals surface area contributed by atoms with Crippen molar-refractivity contribution in [1.82, 2.24) is 4.57 Å². The molecule has 8 heteroatoms. The lowest BCUT2D eigenvalue weighted by molar-refractivity contribution is -0.0155. The van der Waals surface area contributed by atoms with Crippen LogP contribution in [0, 0.1) is 0 Å². The predicted octanol–water partition coefficient (Wildman–Crippen LogP) is 2.07. The zero-order chi connectivity index (χ0) is 15.6. The maximum atomic E-state index is 12.1. The van der Waals surface area contributed by atoms with Crippen LogP contribution in [0.5, 0.6) is 0 Å². The summed E-state index contributed by atoms with van der Waals surface area (Å²) in [5, 5.41) is 0. The minimum atomic E-state index is -3.86. The highest BCUT2D eigenvalue weighted by atomic mass is 35.7. The number of carbonyl (C=O) groups excluding carboxylic acids is 1. The Morgan fingerprint density at radius 2 is 2.05 bits per heavy atom. The molecule has 0 N–H and O–H groups in total. The van der Waals surface area contributed by atoms with Crippen molar-refractivity contribution in [1.29, 1.82) is 0 Å². The van der Waals surface area contributed by atoms with Gasteiger partial charge in [0.05, 0.1) is 6.10 Å². The second kappa shape index (κ2) is 6.37. The minimum Gasteiger partial charge on any atom is -0.458 e. The molecule has 0 aromatic carbocycles. The molecule has 1 aliphatic carbocycles. The van der Waals surface area contributed by atoms with Gasteiger partial charge in [-0.2, -0.15) is 0 Å². The maximum Gasteiger partial charge on any atom is 0.355 e. The minimum absolute atomic E-state index is 0.101. The van der Waals surface area contributed by atoms with Gasteiger partial charge in [0.15, 0.2) is 0 Å². The first-order valence-electron chi connectivity index (χ1n) is 6.66. The fourth-order valence-electron chi connectivity index (χ4n) is 2.51. The van der Waals surface area contributed by atoms with Crippen molar-refractivity contribution in [2.24, 2.45) is 7.05 Å². The van der Waals surface area contributed by atoms with Crippen LogP contribution in [0.15, 0.2) is 17.2 Å². The lowest BCUT2D eigenvalue weighted by atomic mass is 9.95. The fourth-order valence-corrected chi connectivity index (χ4v) is 3.30. The molecule has 1 fully saturated rings. The van der Waals surface area contributed by atoms with Crippen LogP contribution in [0.1, 0.15) is 36.2 Å². The monoisotopic (exact) mass is 335 g/mol. The summed E-state index contributed by atoms with van der Waals surface area (Å²) in [6.45, 7) is 0. The van der Waals surface area contributed by atoms with E-state index in [1.807, 2.05) is 0 Å². The van der Waals surface area contributed by atoms with Gasteiger partial charge < -0.3 is 14.0 Å². The second-order valence-corrected chi connectivity index (χ2v) is 7.73. The average Bonchev–Trinajstić information content (AvgIpc) is 2.81. The van der Waals surface area contributed by atoms with Crippen LogP contribution < -0.4 is 0 Å². The second-order valence-electron chi connectivity index (χ2n) is 5.16. The number of halogens is 1. The van der Waals surface area contributed by atoms with Gasteiger partial charge in [-0.15, -0.1) is 0 Å². The topological polar surface area (TPSA) is 74.6 Å². The summed E-state index contributed by atoms with van der Waals surface area (Å²) in [6.07, 6.45) is 4.53. The fraction of sp³-hybridized carbons (Fsp3) is 0.615. The molecule has 0 aliphatic heterocycles. The predicted molar refractivity (Wildman–Crippen MR) is 76.9 cm³/mol. The highest BCUT2D eigenvalue weighted by molar-refractivity contribution is 8.13. The third kappa shape index (κ3) is 3.99. The van der Waals surface area contributed by atoms with E-state index in [0.717, 1.165) is 19.3 Å². The van der Waals surface area contributed by atoms with Gasteiger partial charge in [-0.25, -0.2) is 13.2 Å². The average molecular weight is 336 g/mol. The normalized spacial score (nSPS) is 23.0. The number of rotatable bonds is 4. The number of aromatic nitrogens is 1. The SMILES string of the molecule is COC1CCCC(OC(=O)c2cc(S(=O)(=O)Cl)cn2C)C1. The number of carbonyl (C=O) groups is 1. The van der Waals surface area contributed by atoms with Crippen molar-refractivity contribution in [3.05, 3.63) is 18.0 Å². The Hall–Kier alpha value is -1.05. The summed E-state index contributed by atoms with van der Waals surface area (Å²) in [5.41, 5.74) is 0.161. The van der Waals surface area contributed by atoms with Crippen molar-refractivity contribution in [3.63, 3.8) is 0 Å². The van der Waals surface area contributed by atoms with Gasteiger partial charge in [-0.3, -0.25) is 0 Å². The molecule has 0 saturated heterocycles. The number of hydrogen-bond donors (Lipinski definition) is 0. The van der Waals surface area contributed by atoms with Crippen LogP contribution in [0.4, 0.5) is 0 Å². The Balaban J connectivity index is 2.08. The van der Waals surface area contributed by atoms with Crippen LogP contribution in [-0.2, 0) is 25.6 Å². The molecule has 2 unspecified atom stereocenters. The van der Waals surface area contributed by atoms with Gasteiger partial charge in [0.2, 0.25) is 0 Å². The zero-order valence-electron chi connectivity index (χ0n) is 11.9. The molecule has 0 spiro atoms. The van der Waals surface area contributed by atoms with Crippen LogP contribution in [-0.4, -0.2) is 38.3 Å². The molecule has 2 atom stereocenters. The quantitative estimate of drug-likeness (QED) is 0.622. The summed E-state index contributed by atoms with van der Waals surface area (Å²) in [6, 6.07) is 1.22. The highest BCUT2D eigenvalue weighted by Gasteiger charge is 2.27. The number of methoxy groups -OCH3 is 1. The van der Waals surface area contributed by atoms with E-state index in [1.54, 1.807) is 14.2 Å². The van der Waals surface area contributed by atoms with Gasteiger partial charge in [-0.05, 0) is 25.3 Å². The molecule has 1 aromatic rings. The van der Waals surface area contributed by atoms with Gasteiger partial charge in [0, 0.05) is 37.5 Å². The van der Waals surface area contributed by atoms with E-state index in [0.29, 0.717) is 6.42 Å². The van der Waals surface area contributed by atoms with Gasteiger partial charge >= 0.3 is 5.97 Å². The number of hydrogen-bond acceptors (Lipinski definition) is 5. The van der Waals surface area contributed by atoms with Gasteiger partial charge in [0.1, 0.15) is 16.7 Å². The summed E-state index contributed by atoms with van der Waals surface area (Å²) in [7, 11) is 4.62. The summed E-state index contributed by atoms with van der Waals surface area (Å²) >= 11 is 0. The Morgan fingerprint density at radius 1 is 1.38 bits per heavy atom. The molecular formula is C13H18ClNO5S. The molecule has 0 bridgehead atoms. The van der Waals surface area contributed by atoms with Crippen molar-refractivity contribution in [2.75, 3.05) is 7.11 Å². The summed E-state index contributed by atoms with van der Waals surface area (Å²) < 4.78 is 34.7. The van der Waals surface area contributed by atoms with Crippen LogP contribution in [0.3, 0.4) is 0 Å². The first-order chi connectivity index (χ1) is 9.81. The van der Waals surface area contributed by atoms with Crippen molar-refractivity contribution in [2.45, 2.75) is 42.8 Å². The smallest absolute Gasteiger partial charge is 0.355 e. The van der Waals surface area contributed by atoms with E-state index >= 15 is 0 Å². The Labute approximate surface area is 128 Å². The third-order valence-electron chi connectivity index (χ3n) is 3.66. The van der Waals surface area contributed by atoms with Crippen molar-refractivity contribution in [3.8, 4) is 0 Å². The first kappa shape index (κ1) is 16.3. The molecule has 1 heterocycles. The van der Waals surface area contributed by atoms with Crippen LogP contribution >= 0.6 is 10.7 Å². The lowest BCUT2D eigenvalue weighted by Crippen LogP contribution is -2.29. The molecule has 1 aliphatic rings. The lowest BCUT2D eigenvalue weighted by Gasteiger charge is -2.27. The van der Waals surface area contributed by atoms with Gasteiger partial charge in [-0.1, -0.05) is 0 Å². The van der Waals surface area contributed by atoms with E-state index < -0.39 is 15.0 Å². The molecule has 1 saturated carbocycles. The summed E-state index contributed by atoms with van der Waals surface area (Å²) in [5.74, 6) is -0.550.